The summed E-state index contributed by atoms with van der Waals surface area (Å²) in [7, 11) is 0. The molecule has 0 spiro atoms. The van der Waals surface area contributed by atoms with Gasteiger partial charge < -0.3 is 0 Å². The summed E-state index contributed by atoms with van der Waals surface area (Å²) >= 11 is 3.50. The second-order valence-electron chi connectivity index (χ2n) is 0.273. The van der Waals surface area contributed by atoms with E-state index in [-0.39, 0.29) is 0 Å². The average molecular weight is 73.1 g/mol. The smallest absolute Gasteiger partial charge is 0.0287 e. The molecule has 1 N–H and O–H groups in total. The zero-order valence-corrected chi connectivity index (χ0v) is 2.92. The molecule has 4 heavy (non-hydrogen) atoms. The topological polar surface area (TPSA) is 23.9 Å². The molecular formula is C2H3NS. The van der Waals surface area contributed by atoms with Crippen LogP contribution in [0.5, 0.6) is 0 Å². The number of thiol groups is 1. The van der Waals surface area contributed by atoms with Crippen LogP contribution in [-0.2, 0) is 0 Å². The highest BCUT2D eigenvalue weighted by Crippen LogP contribution is 1.57. The molecule has 0 aromatic rings. The lowest BCUT2D eigenvalue weighted by molar-refractivity contribution is 1.60. The van der Waals surface area contributed by atoms with Gasteiger partial charge in [0.05, 0.1) is 0 Å². The van der Waals surface area contributed by atoms with Crippen LogP contribution in [-0.4, -0.2) is 5.87 Å². The second-order valence-corrected chi connectivity index (χ2v) is 0.532. The SMILES string of the molecule is N=C=CS. The highest BCUT2D eigenvalue weighted by Gasteiger charge is 1.27. The van der Waals surface area contributed by atoms with Gasteiger partial charge in [-0.15, -0.1) is 12.6 Å². The van der Waals surface area contributed by atoms with Crippen molar-refractivity contribution in [1.29, 1.82) is 5.41 Å². The summed E-state index contributed by atoms with van der Waals surface area (Å²) < 4.78 is 0. The lowest BCUT2D eigenvalue weighted by Crippen LogP contribution is -1.24. The van der Waals surface area contributed by atoms with E-state index in [2.05, 4.69) is 12.6 Å². The molecule has 0 saturated heterocycles. The van der Waals surface area contributed by atoms with Crippen LogP contribution in [0.4, 0.5) is 0 Å². The molecular weight excluding hydrogens is 70.1 g/mol. The lowest BCUT2D eigenvalue weighted by atomic mass is 11.2. The van der Waals surface area contributed by atoms with Crippen molar-refractivity contribution in [3.63, 3.8) is 0 Å². The first kappa shape index (κ1) is 3.80. The molecule has 0 heterocycles. The van der Waals surface area contributed by atoms with E-state index in [9.17, 15) is 0 Å². The van der Waals surface area contributed by atoms with Gasteiger partial charge in [-0.05, 0) is 5.87 Å². The van der Waals surface area contributed by atoms with Gasteiger partial charge in [-0.3, -0.25) is 5.41 Å². The molecule has 1 nitrogen and oxygen atoms in total. The standard InChI is InChI=1S/C2H3NS/c3-1-2-4/h2-4H. The molecule has 0 bridgehead atoms. The molecule has 0 unspecified atom stereocenters. The quantitative estimate of drug-likeness (QED) is 0.311. The van der Waals surface area contributed by atoms with E-state index in [0.717, 1.165) is 0 Å². The van der Waals surface area contributed by atoms with Gasteiger partial charge in [-0.1, -0.05) is 0 Å². The fraction of sp³-hybridized carbons (Fsp3) is 0. The zero-order valence-electron chi connectivity index (χ0n) is 2.02. The molecule has 0 aromatic heterocycles. The molecule has 22 valence electrons. The van der Waals surface area contributed by atoms with Gasteiger partial charge in [0, 0.05) is 5.41 Å². The third kappa shape index (κ3) is 1.80. The number of nitrogens with one attached hydrogen (secondary N) is 1. The first-order chi connectivity index (χ1) is 1.91. The van der Waals surface area contributed by atoms with Gasteiger partial charge >= 0.3 is 0 Å². The number of hydrogen-bond acceptors (Lipinski definition) is 2. The molecule has 0 aliphatic rings. The summed E-state index contributed by atoms with van der Waals surface area (Å²) in [6, 6.07) is 0. The van der Waals surface area contributed by atoms with Crippen LogP contribution in [0.1, 0.15) is 0 Å². The van der Waals surface area contributed by atoms with Gasteiger partial charge in [0.2, 0.25) is 0 Å². The van der Waals surface area contributed by atoms with Gasteiger partial charge in [-0.2, -0.15) is 0 Å². The predicted octanol–water partition coefficient (Wildman–Crippen LogP) is 0.678. The fourth-order valence-electron chi connectivity index (χ4n) is 0. The van der Waals surface area contributed by atoms with Crippen LogP contribution in [0, 0.1) is 5.41 Å². The molecule has 0 aliphatic heterocycles. The van der Waals surface area contributed by atoms with E-state index < -0.39 is 0 Å². The summed E-state index contributed by atoms with van der Waals surface area (Å²) in [5.41, 5.74) is 0. The van der Waals surface area contributed by atoms with Crippen molar-refractivity contribution in [3.8, 4) is 0 Å². The summed E-state index contributed by atoms with van der Waals surface area (Å²) in [6.45, 7) is 0. The van der Waals surface area contributed by atoms with E-state index in [4.69, 9.17) is 5.41 Å². The molecule has 0 aliphatic carbocycles. The van der Waals surface area contributed by atoms with Crippen LogP contribution in [0.2, 0.25) is 0 Å². The predicted molar refractivity (Wildman–Crippen MR) is 21.3 cm³/mol. The summed E-state index contributed by atoms with van der Waals surface area (Å²) in [5, 5.41) is 7.31. The van der Waals surface area contributed by atoms with Crippen molar-refractivity contribution in [3.05, 3.63) is 5.41 Å². The maximum absolute atomic E-state index is 6.07. The lowest BCUT2D eigenvalue weighted by Gasteiger charge is -1.36. The number of rotatable bonds is 0. The first-order valence-electron chi connectivity index (χ1n) is 0.797. The van der Waals surface area contributed by atoms with Crippen molar-refractivity contribution in [2.75, 3.05) is 0 Å². The molecule has 0 aromatic carbocycles. The van der Waals surface area contributed by atoms with Crippen molar-refractivity contribution in [2.45, 2.75) is 0 Å². The minimum absolute atomic E-state index is 1.24. The van der Waals surface area contributed by atoms with Crippen molar-refractivity contribution in [1.82, 2.24) is 0 Å². The third-order valence-electron chi connectivity index (χ3n) is 0.0645. The summed E-state index contributed by atoms with van der Waals surface area (Å²) in [5.74, 6) is 1.92. The fourth-order valence-corrected chi connectivity index (χ4v) is 0. The maximum Gasteiger partial charge on any atom is 0.0287 e. The Kier molecular flexibility index (Phi) is 2.66. The Balaban J connectivity index is 3.11. The molecule has 0 fully saturated rings. The number of hydrogen-bond donors (Lipinski definition) is 2. The Bertz CT molecular complexity index is 44.0. The van der Waals surface area contributed by atoms with Crippen molar-refractivity contribution < 1.29 is 0 Å². The zero-order chi connectivity index (χ0) is 3.41. The Hall–Kier alpha value is -0.200. The van der Waals surface area contributed by atoms with Crippen molar-refractivity contribution in [2.24, 2.45) is 0 Å². The minimum atomic E-state index is 1.24. The largest absolute Gasteiger partial charge is 0.258 e. The third-order valence-corrected chi connectivity index (χ3v) is 0.194. The van der Waals surface area contributed by atoms with E-state index in [1.165, 1.54) is 5.41 Å². The highest BCUT2D eigenvalue weighted by molar-refractivity contribution is 7.83. The van der Waals surface area contributed by atoms with Gasteiger partial charge in [0.25, 0.3) is 0 Å². The van der Waals surface area contributed by atoms with Crippen LogP contribution in [0.15, 0.2) is 5.41 Å². The van der Waals surface area contributed by atoms with E-state index in [1.54, 1.807) is 0 Å². The molecule has 2 heteroatoms. The van der Waals surface area contributed by atoms with Crippen LogP contribution in [0.25, 0.3) is 0 Å². The Morgan fingerprint density at radius 1 is 2.00 bits per heavy atom. The van der Waals surface area contributed by atoms with Crippen LogP contribution < -0.4 is 0 Å². The Labute approximate surface area is 30.3 Å². The van der Waals surface area contributed by atoms with Crippen molar-refractivity contribution >= 4 is 18.5 Å². The highest BCUT2D eigenvalue weighted by atomic mass is 32.1. The first-order valence-corrected chi connectivity index (χ1v) is 1.31. The molecule has 0 amide bonds. The maximum atomic E-state index is 6.07. The monoisotopic (exact) mass is 73.0 g/mol. The molecule has 0 saturated carbocycles. The molecule has 0 radical (unpaired) electrons. The normalized spacial score (nSPS) is 4.25. The second kappa shape index (κ2) is 2.80. The molecule has 0 rings (SSSR count). The van der Waals surface area contributed by atoms with E-state index >= 15 is 0 Å². The Morgan fingerprint density at radius 3 is 2.25 bits per heavy atom. The van der Waals surface area contributed by atoms with Gasteiger partial charge in [0.15, 0.2) is 0 Å². The summed E-state index contributed by atoms with van der Waals surface area (Å²) in [6.07, 6.45) is 0. The molecule has 0 atom stereocenters. The van der Waals surface area contributed by atoms with Crippen LogP contribution >= 0.6 is 12.6 Å². The average Bonchev–Trinajstić information content (AvgIpc) is 1.37. The Morgan fingerprint density at radius 2 is 2.25 bits per heavy atom. The minimum Gasteiger partial charge on any atom is -0.258 e. The van der Waals surface area contributed by atoms with Gasteiger partial charge in [0.1, 0.15) is 0 Å². The van der Waals surface area contributed by atoms with E-state index in [1.807, 2.05) is 5.87 Å². The van der Waals surface area contributed by atoms with Crippen LogP contribution in [0.3, 0.4) is 0 Å². The van der Waals surface area contributed by atoms with E-state index in [0.29, 0.717) is 0 Å². The van der Waals surface area contributed by atoms with Gasteiger partial charge in [-0.25, -0.2) is 0 Å². The summed E-state index contributed by atoms with van der Waals surface area (Å²) in [4.78, 5) is 0.